The van der Waals surface area contributed by atoms with Crippen molar-refractivity contribution in [2.24, 2.45) is 13.0 Å². The van der Waals surface area contributed by atoms with Gasteiger partial charge in [0.25, 0.3) is 5.91 Å². The second-order valence-corrected chi connectivity index (χ2v) is 10.5. The highest BCUT2D eigenvalue weighted by Gasteiger charge is 2.28. The quantitative estimate of drug-likeness (QED) is 0.772. The molecule has 4 rings (SSSR count). The van der Waals surface area contributed by atoms with E-state index in [9.17, 15) is 18.0 Å². The van der Waals surface area contributed by atoms with Crippen LogP contribution in [0, 0.1) is 5.92 Å². The number of benzene rings is 1. The highest BCUT2D eigenvalue weighted by molar-refractivity contribution is 7.89. The van der Waals surface area contributed by atoms with Crippen LogP contribution in [0.4, 0.5) is 0 Å². The van der Waals surface area contributed by atoms with Crippen molar-refractivity contribution >= 4 is 26.8 Å². The van der Waals surface area contributed by atoms with Gasteiger partial charge < -0.3 is 14.6 Å². The molecule has 0 spiro atoms. The zero-order valence-electron chi connectivity index (χ0n) is 18.0. The lowest BCUT2D eigenvalue weighted by atomic mass is 9.86. The molecule has 1 N–H and O–H groups in total. The third kappa shape index (κ3) is 4.26. The highest BCUT2D eigenvalue weighted by atomic mass is 32.2. The number of aromatic nitrogens is 1. The standard InChI is InChI=1S/C22H29N3O5S/c1-15-5-3-4-6-19(15)23-22(27)18-14-24(2)20-8-7-16(13-17(20)21(18)26)31(28,29)25-9-11-30-12-10-25/h7-8,13-15,19H,3-6,9-12H2,1-2H3,(H,23,27)/t15-,19+/m0/s1. The smallest absolute Gasteiger partial charge is 0.256 e. The average Bonchev–Trinajstić information content (AvgIpc) is 2.78. The molecule has 2 heterocycles. The normalized spacial score (nSPS) is 23.0. The molecule has 9 heteroatoms. The number of aryl methyl sites for hydroxylation is 1. The third-order valence-electron chi connectivity index (χ3n) is 6.44. The van der Waals surface area contributed by atoms with Crippen molar-refractivity contribution in [2.75, 3.05) is 26.3 Å². The lowest BCUT2D eigenvalue weighted by Crippen LogP contribution is -2.42. The Morgan fingerprint density at radius 1 is 1.16 bits per heavy atom. The summed E-state index contributed by atoms with van der Waals surface area (Å²) in [5.74, 6) is -0.0324. The summed E-state index contributed by atoms with van der Waals surface area (Å²) in [6.07, 6.45) is 5.72. The van der Waals surface area contributed by atoms with Crippen molar-refractivity contribution in [3.05, 3.63) is 40.2 Å². The molecule has 31 heavy (non-hydrogen) atoms. The largest absolute Gasteiger partial charge is 0.379 e. The van der Waals surface area contributed by atoms with E-state index in [1.54, 1.807) is 17.7 Å². The number of ether oxygens (including phenoxy) is 1. The maximum Gasteiger partial charge on any atom is 0.256 e. The number of morpholine rings is 1. The molecule has 8 nitrogen and oxygen atoms in total. The molecule has 0 unspecified atom stereocenters. The molecular formula is C22H29N3O5S. The Hall–Kier alpha value is -2.23. The molecule has 1 aromatic carbocycles. The molecule has 1 amide bonds. The molecule has 2 aliphatic rings. The lowest BCUT2D eigenvalue weighted by Gasteiger charge is -2.29. The van der Waals surface area contributed by atoms with Gasteiger partial charge in [-0.15, -0.1) is 0 Å². The van der Waals surface area contributed by atoms with Crippen LogP contribution in [0.2, 0.25) is 0 Å². The van der Waals surface area contributed by atoms with E-state index in [0.717, 1.165) is 25.7 Å². The second kappa shape index (κ2) is 8.72. The minimum atomic E-state index is -3.74. The Balaban J connectivity index is 1.71. The predicted molar refractivity (Wildman–Crippen MR) is 118 cm³/mol. The van der Waals surface area contributed by atoms with Crippen LogP contribution in [-0.4, -0.2) is 55.5 Å². The van der Waals surface area contributed by atoms with E-state index in [1.807, 2.05) is 0 Å². The Labute approximate surface area is 182 Å². The number of pyridine rings is 1. The molecule has 1 aromatic heterocycles. The van der Waals surface area contributed by atoms with Gasteiger partial charge in [-0.05, 0) is 37.0 Å². The van der Waals surface area contributed by atoms with Gasteiger partial charge >= 0.3 is 0 Å². The molecule has 2 fully saturated rings. The summed E-state index contributed by atoms with van der Waals surface area (Å²) in [7, 11) is -1.99. The molecule has 1 saturated heterocycles. The van der Waals surface area contributed by atoms with Gasteiger partial charge in [-0.25, -0.2) is 8.42 Å². The van der Waals surface area contributed by atoms with Crippen LogP contribution in [0.15, 0.2) is 34.1 Å². The first-order valence-corrected chi connectivity index (χ1v) is 12.2. The molecule has 0 radical (unpaired) electrons. The Kier molecular flexibility index (Phi) is 6.18. The molecule has 1 aliphatic heterocycles. The molecule has 2 atom stereocenters. The number of nitrogens with zero attached hydrogens (tertiary/aromatic N) is 2. The highest BCUT2D eigenvalue weighted by Crippen LogP contribution is 2.24. The van der Waals surface area contributed by atoms with Gasteiger partial charge in [0.05, 0.1) is 23.6 Å². The summed E-state index contributed by atoms with van der Waals surface area (Å²) in [6.45, 7) is 3.36. The van der Waals surface area contributed by atoms with Crippen LogP contribution in [-0.2, 0) is 21.8 Å². The van der Waals surface area contributed by atoms with Crippen molar-refractivity contribution < 1.29 is 17.9 Å². The number of sulfonamides is 1. The summed E-state index contributed by atoms with van der Waals surface area (Å²) >= 11 is 0. The van der Waals surface area contributed by atoms with Crippen LogP contribution in [0.5, 0.6) is 0 Å². The third-order valence-corrected chi connectivity index (χ3v) is 8.34. The van der Waals surface area contributed by atoms with Crippen molar-refractivity contribution in [3.63, 3.8) is 0 Å². The monoisotopic (exact) mass is 447 g/mol. The number of amides is 1. The average molecular weight is 448 g/mol. The first-order valence-electron chi connectivity index (χ1n) is 10.8. The van der Waals surface area contributed by atoms with E-state index in [1.165, 1.54) is 22.6 Å². The number of nitrogens with one attached hydrogen (secondary N) is 1. The predicted octanol–water partition coefficient (Wildman–Crippen LogP) is 1.87. The van der Waals surface area contributed by atoms with E-state index < -0.39 is 21.4 Å². The molecule has 2 aromatic rings. The van der Waals surface area contributed by atoms with Crippen molar-refractivity contribution in [1.29, 1.82) is 0 Å². The Bertz CT molecular complexity index is 1150. The van der Waals surface area contributed by atoms with Crippen LogP contribution in [0.25, 0.3) is 10.9 Å². The van der Waals surface area contributed by atoms with E-state index in [0.29, 0.717) is 24.6 Å². The number of carbonyl (C=O) groups is 1. The van der Waals surface area contributed by atoms with Gasteiger partial charge in [-0.2, -0.15) is 4.31 Å². The van der Waals surface area contributed by atoms with Crippen LogP contribution >= 0.6 is 0 Å². The van der Waals surface area contributed by atoms with Crippen molar-refractivity contribution in [1.82, 2.24) is 14.2 Å². The van der Waals surface area contributed by atoms with E-state index in [-0.39, 0.29) is 35.0 Å². The summed E-state index contributed by atoms with van der Waals surface area (Å²) < 4.78 is 34.4. The number of rotatable bonds is 4. The fraction of sp³-hybridized carbons (Fsp3) is 0.545. The molecule has 0 bridgehead atoms. The fourth-order valence-corrected chi connectivity index (χ4v) is 5.94. The van der Waals surface area contributed by atoms with Gasteiger partial charge in [-0.3, -0.25) is 9.59 Å². The molecular weight excluding hydrogens is 418 g/mol. The Morgan fingerprint density at radius 3 is 2.58 bits per heavy atom. The van der Waals surface area contributed by atoms with Crippen LogP contribution in [0.1, 0.15) is 43.0 Å². The van der Waals surface area contributed by atoms with Crippen molar-refractivity contribution in [2.45, 2.75) is 43.5 Å². The van der Waals surface area contributed by atoms with Gasteiger partial charge in [0.2, 0.25) is 15.5 Å². The zero-order chi connectivity index (χ0) is 22.2. The second-order valence-electron chi connectivity index (χ2n) is 8.52. The maximum absolute atomic E-state index is 13.2. The van der Waals surface area contributed by atoms with Gasteiger partial charge in [0.15, 0.2) is 0 Å². The number of fused-ring (bicyclic) bond motifs is 1. The zero-order valence-corrected chi connectivity index (χ0v) is 18.8. The fourth-order valence-electron chi connectivity index (χ4n) is 4.51. The number of hydrogen-bond donors (Lipinski definition) is 1. The number of hydrogen-bond acceptors (Lipinski definition) is 5. The summed E-state index contributed by atoms with van der Waals surface area (Å²) in [5, 5.41) is 3.24. The van der Waals surface area contributed by atoms with Crippen LogP contribution < -0.4 is 10.7 Å². The van der Waals surface area contributed by atoms with Gasteiger partial charge in [0, 0.05) is 37.8 Å². The number of carbonyl (C=O) groups excluding carboxylic acids is 1. The van der Waals surface area contributed by atoms with E-state index in [2.05, 4.69) is 12.2 Å². The molecule has 1 saturated carbocycles. The maximum atomic E-state index is 13.2. The SMILES string of the molecule is C[C@H]1CCCC[C@H]1NC(=O)c1cn(C)c2ccc(S(=O)(=O)N3CCOCC3)cc2c1=O. The van der Waals surface area contributed by atoms with Crippen LogP contribution in [0.3, 0.4) is 0 Å². The molecule has 168 valence electrons. The summed E-state index contributed by atoms with van der Waals surface area (Å²) in [6, 6.07) is 4.57. The first-order chi connectivity index (χ1) is 14.8. The molecule has 1 aliphatic carbocycles. The van der Waals surface area contributed by atoms with Gasteiger partial charge in [0.1, 0.15) is 5.56 Å². The first kappa shape index (κ1) is 22.0. The van der Waals surface area contributed by atoms with E-state index >= 15 is 0 Å². The Morgan fingerprint density at radius 2 is 1.87 bits per heavy atom. The minimum absolute atomic E-state index is 0.0358. The minimum Gasteiger partial charge on any atom is -0.379 e. The van der Waals surface area contributed by atoms with Gasteiger partial charge in [-0.1, -0.05) is 19.8 Å². The lowest BCUT2D eigenvalue weighted by molar-refractivity contribution is 0.0730. The summed E-state index contributed by atoms with van der Waals surface area (Å²) in [4.78, 5) is 26.2. The van der Waals surface area contributed by atoms with Crippen molar-refractivity contribution in [3.8, 4) is 0 Å². The topological polar surface area (TPSA) is 97.7 Å². The summed E-state index contributed by atoms with van der Waals surface area (Å²) in [5.41, 5.74) is 0.162. The van der Waals surface area contributed by atoms with E-state index in [4.69, 9.17) is 4.74 Å².